The summed E-state index contributed by atoms with van der Waals surface area (Å²) in [6.45, 7) is 4.25. The highest BCUT2D eigenvalue weighted by atomic mass is 16.5. The number of anilines is 1. The molecule has 2 N–H and O–H groups in total. The molecule has 0 radical (unpaired) electrons. The first-order valence-electron chi connectivity index (χ1n) is 8.89. The third-order valence-electron chi connectivity index (χ3n) is 4.65. The number of piperidine rings is 1. The first-order chi connectivity index (χ1) is 12.0. The molecule has 1 heterocycles. The third kappa shape index (κ3) is 6.38. The normalized spacial score (nSPS) is 18.3. The number of nitrogens with zero attached hydrogens (tertiary/aromatic N) is 1. The molecule has 25 heavy (non-hydrogen) atoms. The van der Waals surface area contributed by atoms with Crippen LogP contribution in [0.15, 0.2) is 24.3 Å². The summed E-state index contributed by atoms with van der Waals surface area (Å²) in [5, 5.41) is 6.33. The number of benzene rings is 1. The maximum atomic E-state index is 12.2. The molecular formula is C19H29N3O3. The molecule has 6 heteroatoms. The van der Waals surface area contributed by atoms with E-state index in [0.29, 0.717) is 24.0 Å². The first kappa shape index (κ1) is 19.2. The van der Waals surface area contributed by atoms with E-state index in [0.717, 1.165) is 18.8 Å². The van der Waals surface area contributed by atoms with Gasteiger partial charge in [-0.2, -0.15) is 0 Å². The number of carbonyl (C=O) groups excluding carboxylic acids is 2. The van der Waals surface area contributed by atoms with Crippen LogP contribution in [0.5, 0.6) is 5.75 Å². The van der Waals surface area contributed by atoms with Crippen LogP contribution in [0.25, 0.3) is 0 Å². The summed E-state index contributed by atoms with van der Waals surface area (Å²) in [4.78, 5) is 25.2. The van der Waals surface area contributed by atoms with Crippen molar-refractivity contribution in [2.24, 2.45) is 11.8 Å². The predicted octanol–water partition coefficient (Wildman–Crippen LogP) is 2.12. The Morgan fingerprint density at radius 1 is 1.32 bits per heavy atom. The lowest BCUT2D eigenvalue weighted by atomic mass is 9.85. The minimum Gasteiger partial charge on any atom is -0.484 e. The molecule has 1 aliphatic heterocycles. The van der Waals surface area contributed by atoms with E-state index in [4.69, 9.17) is 4.74 Å². The van der Waals surface area contributed by atoms with Crippen LogP contribution in [-0.2, 0) is 9.59 Å². The highest BCUT2D eigenvalue weighted by Gasteiger charge is 2.22. The monoisotopic (exact) mass is 347 g/mol. The average molecular weight is 347 g/mol. The van der Waals surface area contributed by atoms with E-state index in [-0.39, 0.29) is 18.4 Å². The number of hydrogen-bond acceptors (Lipinski definition) is 4. The summed E-state index contributed by atoms with van der Waals surface area (Å²) in [5.41, 5.74) is 0.741. The Kier molecular flexibility index (Phi) is 7.25. The molecule has 1 fully saturated rings. The topological polar surface area (TPSA) is 70.7 Å². The predicted molar refractivity (Wildman–Crippen MR) is 98.6 cm³/mol. The summed E-state index contributed by atoms with van der Waals surface area (Å²) in [6, 6.07) is 7.10. The molecule has 1 aromatic carbocycles. The van der Waals surface area contributed by atoms with Crippen LogP contribution >= 0.6 is 0 Å². The van der Waals surface area contributed by atoms with Crippen molar-refractivity contribution in [2.75, 3.05) is 39.1 Å². The quantitative estimate of drug-likeness (QED) is 0.793. The van der Waals surface area contributed by atoms with Crippen molar-refractivity contribution >= 4 is 17.5 Å². The SMILES string of the molecule is CC(CC(=O)Nc1ccc(OCC(=O)N(C)C)cc1)C1CCCNC1. The van der Waals surface area contributed by atoms with E-state index in [9.17, 15) is 9.59 Å². The van der Waals surface area contributed by atoms with Crippen molar-refractivity contribution in [1.82, 2.24) is 10.2 Å². The van der Waals surface area contributed by atoms with Crippen LogP contribution in [-0.4, -0.2) is 50.5 Å². The smallest absolute Gasteiger partial charge is 0.259 e. The van der Waals surface area contributed by atoms with Crippen molar-refractivity contribution in [3.05, 3.63) is 24.3 Å². The van der Waals surface area contributed by atoms with Crippen molar-refractivity contribution in [1.29, 1.82) is 0 Å². The van der Waals surface area contributed by atoms with Gasteiger partial charge < -0.3 is 20.3 Å². The van der Waals surface area contributed by atoms with Gasteiger partial charge in [0, 0.05) is 26.2 Å². The number of carbonyl (C=O) groups is 2. The van der Waals surface area contributed by atoms with Crippen LogP contribution in [0.3, 0.4) is 0 Å². The molecule has 0 aliphatic carbocycles. The van der Waals surface area contributed by atoms with E-state index >= 15 is 0 Å². The maximum absolute atomic E-state index is 12.2. The molecule has 1 aliphatic rings. The minimum atomic E-state index is -0.0939. The summed E-state index contributed by atoms with van der Waals surface area (Å²) in [6.07, 6.45) is 2.91. The lowest BCUT2D eigenvalue weighted by Gasteiger charge is -2.28. The molecule has 2 unspecified atom stereocenters. The summed E-state index contributed by atoms with van der Waals surface area (Å²) in [7, 11) is 3.38. The molecule has 1 saturated heterocycles. The largest absolute Gasteiger partial charge is 0.484 e. The van der Waals surface area contributed by atoms with Crippen LogP contribution in [0.1, 0.15) is 26.2 Å². The Balaban J connectivity index is 1.77. The van der Waals surface area contributed by atoms with E-state index in [1.54, 1.807) is 38.4 Å². The fourth-order valence-electron chi connectivity index (χ4n) is 2.94. The first-order valence-corrected chi connectivity index (χ1v) is 8.89. The van der Waals surface area contributed by atoms with E-state index in [1.807, 2.05) is 0 Å². The fourth-order valence-corrected chi connectivity index (χ4v) is 2.94. The Labute approximate surface area is 149 Å². The summed E-state index contributed by atoms with van der Waals surface area (Å²) in [5.74, 6) is 1.49. The fraction of sp³-hybridized carbons (Fsp3) is 0.579. The Morgan fingerprint density at radius 2 is 2.04 bits per heavy atom. The highest BCUT2D eigenvalue weighted by molar-refractivity contribution is 5.90. The molecular weight excluding hydrogens is 318 g/mol. The zero-order valence-electron chi connectivity index (χ0n) is 15.4. The Morgan fingerprint density at radius 3 is 2.64 bits per heavy atom. The molecule has 0 spiro atoms. The molecule has 0 aromatic heterocycles. The van der Waals surface area contributed by atoms with Gasteiger partial charge in [0.1, 0.15) is 5.75 Å². The molecule has 138 valence electrons. The van der Waals surface area contributed by atoms with E-state index < -0.39 is 0 Å². The van der Waals surface area contributed by atoms with Crippen LogP contribution in [0.2, 0.25) is 0 Å². The standard InChI is InChI=1S/C19H29N3O3/c1-14(15-5-4-10-20-12-15)11-18(23)21-16-6-8-17(9-7-16)25-13-19(24)22(2)3/h6-9,14-15,20H,4-5,10-13H2,1-3H3,(H,21,23). The second-order valence-electron chi connectivity index (χ2n) is 6.94. The molecule has 1 aromatic rings. The number of rotatable bonds is 7. The van der Waals surface area contributed by atoms with Crippen molar-refractivity contribution in [3.63, 3.8) is 0 Å². The van der Waals surface area contributed by atoms with Gasteiger partial charge in [-0.25, -0.2) is 0 Å². The Hall–Kier alpha value is -2.08. The molecule has 6 nitrogen and oxygen atoms in total. The van der Waals surface area contributed by atoms with Crippen molar-refractivity contribution in [2.45, 2.75) is 26.2 Å². The van der Waals surface area contributed by atoms with Crippen molar-refractivity contribution < 1.29 is 14.3 Å². The van der Waals surface area contributed by atoms with E-state index in [2.05, 4.69) is 17.6 Å². The van der Waals surface area contributed by atoms with Gasteiger partial charge in [0.25, 0.3) is 5.91 Å². The summed E-state index contributed by atoms with van der Waals surface area (Å²) >= 11 is 0. The summed E-state index contributed by atoms with van der Waals surface area (Å²) < 4.78 is 5.42. The average Bonchev–Trinajstić information content (AvgIpc) is 2.61. The number of hydrogen-bond donors (Lipinski definition) is 2. The number of ether oxygens (including phenoxy) is 1. The third-order valence-corrected chi connectivity index (χ3v) is 4.65. The van der Waals surface area contributed by atoms with Gasteiger partial charge in [-0.15, -0.1) is 0 Å². The molecule has 2 rings (SSSR count). The maximum Gasteiger partial charge on any atom is 0.259 e. The van der Waals surface area contributed by atoms with Crippen molar-refractivity contribution in [3.8, 4) is 5.75 Å². The number of likely N-dealkylation sites (N-methyl/N-ethyl adjacent to an activating group) is 1. The number of amides is 2. The van der Waals surface area contributed by atoms with Crippen LogP contribution in [0, 0.1) is 11.8 Å². The number of nitrogens with one attached hydrogen (secondary N) is 2. The second kappa shape index (κ2) is 9.42. The second-order valence-corrected chi connectivity index (χ2v) is 6.94. The lowest BCUT2D eigenvalue weighted by Crippen LogP contribution is -2.34. The lowest BCUT2D eigenvalue weighted by molar-refractivity contribution is -0.130. The molecule has 0 saturated carbocycles. The zero-order valence-corrected chi connectivity index (χ0v) is 15.4. The Bertz CT molecular complexity index is 566. The molecule has 0 bridgehead atoms. The van der Waals surface area contributed by atoms with Gasteiger partial charge in [-0.05, 0) is 62.0 Å². The van der Waals surface area contributed by atoms with Gasteiger partial charge in [0.15, 0.2) is 6.61 Å². The minimum absolute atomic E-state index is 0.00560. The van der Waals surface area contributed by atoms with Crippen LogP contribution < -0.4 is 15.4 Å². The van der Waals surface area contributed by atoms with Gasteiger partial charge in [0.05, 0.1) is 0 Å². The zero-order chi connectivity index (χ0) is 18.2. The van der Waals surface area contributed by atoms with Crippen LogP contribution in [0.4, 0.5) is 5.69 Å². The van der Waals surface area contributed by atoms with Gasteiger partial charge >= 0.3 is 0 Å². The highest BCUT2D eigenvalue weighted by Crippen LogP contribution is 2.23. The molecule has 2 amide bonds. The van der Waals surface area contributed by atoms with Gasteiger partial charge in [-0.3, -0.25) is 9.59 Å². The van der Waals surface area contributed by atoms with Gasteiger partial charge in [0.2, 0.25) is 5.91 Å². The molecule has 2 atom stereocenters. The van der Waals surface area contributed by atoms with Gasteiger partial charge in [-0.1, -0.05) is 6.92 Å². The van der Waals surface area contributed by atoms with E-state index in [1.165, 1.54) is 17.7 Å².